The molecule has 0 amide bonds. The van der Waals surface area contributed by atoms with Crippen LogP contribution in [0.15, 0.2) is 11.6 Å². The van der Waals surface area contributed by atoms with Crippen LogP contribution < -0.4 is 0 Å². The Balaban J connectivity index is 0.922. The van der Waals surface area contributed by atoms with Crippen LogP contribution in [0.3, 0.4) is 0 Å². The van der Waals surface area contributed by atoms with E-state index in [0.29, 0.717) is 25.7 Å². The summed E-state index contributed by atoms with van der Waals surface area (Å²) in [4.78, 5) is 0. The Labute approximate surface area is 544 Å². The zero-order valence-electron chi connectivity index (χ0n) is 54.0. The Hall–Kier alpha value is -1.50. The second-order valence-electron chi connectivity index (χ2n) is 29.6. The van der Waals surface area contributed by atoms with Crippen molar-refractivity contribution in [2.24, 2.45) is 52.3 Å². The third-order valence-corrected chi connectivity index (χ3v) is 24.1. The first-order valence-corrected chi connectivity index (χ1v) is 33.6. The van der Waals surface area contributed by atoms with E-state index in [1.165, 1.54) is 20.8 Å². The van der Waals surface area contributed by atoms with E-state index in [4.69, 9.17) is 56.8 Å². The number of allylic oxidation sites excluding steroid dienone is 2. The highest BCUT2D eigenvalue weighted by atomic mass is 16.8. The van der Waals surface area contributed by atoms with Crippen molar-refractivity contribution >= 4 is 0 Å². The second kappa shape index (κ2) is 28.4. The van der Waals surface area contributed by atoms with Gasteiger partial charge in [0.1, 0.15) is 128 Å². The smallest absolute Gasteiger partial charge is 0.204 e. The third kappa shape index (κ3) is 12.9. The summed E-state index contributed by atoms with van der Waals surface area (Å²) in [5, 5.41) is 211. The summed E-state index contributed by atoms with van der Waals surface area (Å²) in [6, 6.07) is 0. The zero-order chi connectivity index (χ0) is 68.3. The van der Waals surface area contributed by atoms with Gasteiger partial charge in [0.25, 0.3) is 0 Å². The lowest BCUT2D eigenvalue weighted by Gasteiger charge is -2.62. The van der Waals surface area contributed by atoms with Crippen LogP contribution >= 0.6 is 0 Å². The molecule has 542 valence electrons. The molecule has 11 rings (SSSR count). The summed E-state index contributed by atoms with van der Waals surface area (Å²) in [6.45, 7) is 10.1. The van der Waals surface area contributed by atoms with Crippen molar-refractivity contribution in [2.45, 2.75) is 302 Å². The summed E-state index contributed by atoms with van der Waals surface area (Å²) in [5.41, 5.74) is 0.144. The molecule has 7 saturated heterocycles. The lowest BCUT2D eigenvalue weighted by atomic mass is 9.46. The SMILES string of the molecule is CC(CC[C@@]1(O)O[C@H]2CC3C4CC=C5CC([C@]6(O[C@H]7O[C@H](CO)[C@H](O)[C@H](O)[C@H]7O)O[C@H](CO)[C@@H](O[C@@H]7O[C@@H](C)[C@H](O)[C@@H](O)[C@H]7O)[C@H](O[C@@H]7O[C@@H](C)[C@H](O)[C@@H](O)[C@H]7O)[C@H]6O[C@@H]6O[C@@H](C)[C@H](O)[C@@H](O)[C@H]6O)CC[C@]5(C)C4CC[C@]3(C)[C@H]2[C@@H]1C)CO[C@@H]1O[C@H](CO)[C@@H](O)[C@H](O)[C@H]1O. The van der Waals surface area contributed by atoms with E-state index < -0.39 is 221 Å². The van der Waals surface area contributed by atoms with Gasteiger partial charge in [0.2, 0.25) is 5.79 Å². The maximum atomic E-state index is 12.4. The molecule has 0 aromatic rings. The summed E-state index contributed by atoms with van der Waals surface area (Å²) in [7, 11) is 0. The van der Waals surface area contributed by atoms with E-state index in [1.807, 2.05) is 13.8 Å². The van der Waals surface area contributed by atoms with Gasteiger partial charge in [-0.1, -0.05) is 39.3 Å². The molecule has 0 radical (unpaired) electrons. The molecule has 7 heterocycles. The number of hydrogen-bond donors (Lipinski definition) is 19. The average molecular weight is 1360 g/mol. The molecular weight excluding hydrogens is 1250 g/mol. The van der Waals surface area contributed by atoms with Gasteiger partial charge in [0.05, 0.1) is 50.8 Å². The van der Waals surface area contributed by atoms with Crippen LogP contribution in [-0.2, 0) is 56.8 Å². The molecule has 0 aromatic carbocycles. The molecule has 10 fully saturated rings. The number of rotatable bonds is 18. The standard InChI is InChI=1S/C63H104O31/c1-22(21-83-55-47(77)45(75)40(70)33(18-64)87-55)10-15-62(82)23(2)36-32(92-62)17-31-29-9-8-27-16-28(11-13-60(27,6)30(29)12-14-61(31,36)7)63(94-59-51(81)46(76)41(71)34(19-65)88-59)54(91-58-50(80)44(74)39(69)26(5)86-58)53(90-57-49(79)43(73)38(68)25(4)85-57)52(35(20-66)93-63)89-56-48(78)42(72)37(67)24(3)84-56/h8,22-26,28-59,64-82H,9-21H2,1-7H3/t22?,23-,24-,25-,26-,28?,29?,30?,31?,32-,33+,34+,35+,36-,37-,38-,39-,40+,41-,42+,43+,44+,45-,46-,47+,48+,49+,50+,51+,52+,53-,54+,55+,56-,57-,58-,59+,60-,61-,62+,63+/m0/s1. The van der Waals surface area contributed by atoms with E-state index in [1.54, 1.807) is 0 Å². The van der Waals surface area contributed by atoms with Crippen molar-refractivity contribution in [3.8, 4) is 0 Å². The van der Waals surface area contributed by atoms with Gasteiger partial charge in [-0.05, 0) is 113 Å². The summed E-state index contributed by atoms with van der Waals surface area (Å²) < 4.78 is 76.5. The predicted octanol–water partition coefficient (Wildman–Crippen LogP) is -5.71. The molecule has 4 aliphatic carbocycles. The van der Waals surface area contributed by atoms with Crippen LogP contribution in [0.5, 0.6) is 0 Å². The first-order valence-electron chi connectivity index (χ1n) is 33.6. The maximum absolute atomic E-state index is 12.4. The number of aliphatic hydroxyl groups is 19. The Morgan fingerprint density at radius 2 is 1.02 bits per heavy atom. The Kier molecular flexibility index (Phi) is 22.3. The van der Waals surface area contributed by atoms with Crippen molar-refractivity contribution < 1.29 is 154 Å². The summed E-state index contributed by atoms with van der Waals surface area (Å²) >= 11 is 0. The van der Waals surface area contributed by atoms with Crippen LogP contribution in [0.25, 0.3) is 0 Å². The highest BCUT2D eigenvalue weighted by Crippen LogP contribution is 2.71. The minimum atomic E-state index is -2.59. The van der Waals surface area contributed by atoms with Crippen LogP contribution in [0.2, 0.25) is 0 Å². The molecule has 31 heteroatoms. The molecular formula is C63H104O31. The minimum absolute atomic E-state index is 0.0102. The molecule has 3 saturated carbocycles. The van der Waals surface area contributed by atoms with E-state index in [2.05, 4.69) is 19.9 Å². The van der Waals surface area contributed by atoms with E-state index >= 15 is 0 Å². The highest BCUT2D eigenvalue weighted by Gasteiger charge is 2.71. The Bertz CT molecular complexity index is 2560. The third-order valence-electron chi connectivity index (χ3n) is 24.1. The lowest BCUT2D eigenvalue weighted by molar-refractivity contribution is -0.470. The lowest BCUT2D eigenvalue weighted by Crippen LogP contribution is -2.75. The van der Waals surface area contributed by atoms with Gasteiger partial charge in [-0.15, -0.1) is 0 Å². The van der Waals surface area contributed by atoms with Gasteiger partial charge >= 0.3 is 0 Å². The fourth-order valence-corrected chi connectivity index (χ4v) is 18.3. The molecule has 0 spiro atoms. The quantitative estimate of drug-likeness (QED) is 0.0569. The van der Waals surface area contributed by atoms with Gasteiger partial charge < -0.3 is 154 Å². The summed E-state index contributed by atoms with van der Waals surface area (Å²) in [5.74, 6) is -5.21. The van der Waals surface area contributed by atoms with Crippen molar-refractivity contribution in [1.82, 2.24) is 0 Å². The van der Waals surface area contributed by atoms with Gasteiger partial charge in [0, 0.05) is 18.3 Å². The molecule has 31 nitrogen and oxygen atoms in total. The van der Waals surface area contributed by atoms with Crippen LogP contribution in [0.4, 0.5) is 0 Å². The van der Waals surface area contributed by atoms with Crippen molar-refractivity contribution in [2.75, 3.05) is 26.4 Å². The molecule has 94 heavy (non-hydrogen) atoms. The van der Waals surface area contributed by atoms with Gasteiger partial charge in [-0.25, -0.2) is 0 Å². The molecule has 5 unspecified atom stereocenters. The topological polar surface area (TPSA) is 495 Å². The molecule has 7 aliphatic heterocycles. The predicted molar refractivity (Wildman–Crippen MR) is 312 cm³/mol. The number of aliphatic hydroxyl groups excluding tert-OH is 18. The van der Waals surface area contributed by atoms with Gasteiger partial charge in [0.15, 0.2) is 37.2 Å². The molecule has 41 atom stereocenters. The van der Waals surface area contributed by atoms with Gasteiger partial charge in [-0.3, -0.25) is 0 Å². The number of ether oxygens (including phenoxy) is 12. The van der Waals surface area contributed by atoms with Crippen molar-refractivity contribution in [1.29, 1.82) is 0 Å². The van der Waals surface area contributed by atoms with E-state index in [0.717, 1.165) is 18.4 Å². The second-order valence-corrected chi connectivity index (χ2v) is 29.6. The van der Waals surface area contributed by atoms with Crippen molar-refractivity contribution in [3.63, 3.8) is 0 Å². The summed E-state index contributed by atoms with van der Waals surface area (Å²) in [6.07, 6.45) is -44.9. The minimum Gasteiger partial charge on any atom is -0.394 e. The highest BCUT2D eigenvalue weighted by molar-refractivity contribution is 5.28. The fraction of sp³-hybridized carbons (Fsp3) is 0.968. The molecule has 11 aliphatic rings. The first-order chi connectivity index (χ1) is 44.3. The van der Waals surface area contributed by atoms with E-state index in [9.17, 15) is 97.0 Å². The van der Waals surface area contributed by atoms with Crippen LogP contribution in [0, 0.1) is 52.3 Å². The number of hydrogen-bond acceptors (Lipinski definition) is 31. The van der Waals surface area contributed by atoms with Crippen molar-refractivity contribution in [3.05, 3.63) is 11.6 Å². The Morgan fingerprint density at radius 1 is 0.532 bits per heavy atom. The van der Waals surface area contributed by atoms with E-state index in [-0.39, 0.29) is 72.9 Å². The molecule has 0 aromatic heterocycles. The fourth-order valence-electron chi connectivity index (χ4n) is 18.3. The Morgan fingerprint density at radius 3 is 1.56 bits per heavy atom. The largest absolute Gasteiger partial charge is 0.394 e. The van der Waals surface area contributed by atoms with Gasteiger partial charge in [-0.2, -0.15) is 0 Å². The molecule has 0 bridgehead atoms. The normalized spacial score (nSPS) is 56.5. The maximum Gasteiger partial charge on any atom is 0.204 e. The van der Waals surface area contributed by atoms with Crippen LogP contribution in [0.1, 0.15) is 106 Å². The number of fused-ring (bicyclic) bond motifs is 7. The monoisotopic (exact) mass is 1360 g/mol. The zero-order valence-corrected chi connectivity index (χ0v) is 54.0. The van der Waals surface area contributed by atoms with Crippen LogP contribution in [-0.4, -0.2) is 319 Å². The molecule has 19 N–H and O–H groups in total. The first kappa shape index (κ1) is 73.7. The average Bonchev–Trinajstić information content (AvgIpc) is 1.41.